The van der Waals surface area contributed by atoms with Crippen LogP contribution in [0, 0.1) is 13.8 Å². The minimum Gasteiger partial charge on any atom is -0.335 e. The fourth-order valence-electron chi connectivity index (χ4n) is 1.12. The maximum Gasteiger partial charge on any atom is 0.105 e. The normalized spacial score (nSPS) is 10.5. The Kier molecular flexibility index (Phi) is 3.12. The van der Waals surface area contributed by atoms with Crippen LogP contribution in [-0.4, -0.2) is 14.9 Å². The van der Waals surface area contributed by atoms with E-state index in [0.717, 1.165) is 29.8 Å². The van der Waals surface area contributed by atoms with Crippen LogP contribution in [0.4, 0.5) is 0 Å². The Morgan fingerprint density at radius 2 is 2.27 bits per heavy atom. The quantitative estimate of drug-likeness (QED) is 0.710. The molecule has 0 aromatic carbocycles. The zero-order chi connectivity index (χ0) is 8.27. The van der Waals surface area contributed by atoms with Gasteiger partial charge in [-0.25, -0.2) is 4.98 Å². The molecule has 62 valence electrons. The molecule has 1 aromatic rings. The van der Waals surface area contributed by atoms with Crippen LogP contribution in [-0.2, 0) is 6.54 Å². The molecule has 2 nitrogen and oxygen atoms in total. The highest BCUT2D eigenvalue weighted by Gasteiger charge is 1.98. The van der Waals surface area contributed by atoms with Gasteiger partial charge in [0.05, 0.1) is 5.69 Å². The molecule has 0 amide bonds. The number of alkyl halides is 1. The Balaban J connectivity index is 2.62. The van der Waals surface area contributed by atoms with Crippen molar-refractivity contribution in [2.75, 3.05) is 5.33 Å². The number of imidazole rings is 1. The smallest absolute Gasteiger partial charge is 0.105 e. The van der Waals surface area contributed by atoms with Crippen molar-refractivity contribution in [1.82, 2.24) is 9.55 Å². The summed E-state index contributed by atoms with van der Waals surface area (Å²) >= 11 is 3.40. The van der Waals surface area contributed by atoms with Crippen LogP contribution in [0.2, 0.25) is 0 Å². The summed E-state index contributed by atoms with van der Waals surface area (Å²) in [5.74, 6) is 1.11. The molecule has 0 aliphatic rings. The zero-order valence-electron chi connectivity index (χ0n) is 6.97. The van der Waals surface area contributed by atoms with Gasteiger partial charge in [-0.3, -0.25) is 0 Å². The lowest BCUT2D eigenvalue weighted by Gasteiger charge is -2.00. The van der Waals surface area contributed by atoms with Crippen LogP contribution >= 0.6 is 15.9 Å². The number of nitrogens with zero attached hydrogens (tertiary/aromatic N) is 2. The average molecular weight is 217 g/mol. The van der Waals surface area contributed by atoms with Gasteiger partial charge in [-0.05, 0) is 20.3 Å². The highest BCUT2D eigenvalue weighted by molar-refractivity contribution is 9.09. The molecular formula is C8H13BrN2. The van der Waals surface area contributed by atoms with E-state index < -0.39 is 0 Å². The maximum absolute atomic E-state index is 4.31. The monoisotopic (exact) mass is 216 g/mol. The van der Waals surface area contributed by atoms with E-state index in [1.807, 2.05) is 13.8 Å². The van der Waals surface area contributed by atoms with Crippen LogP contribution in [0.5, 0.6) is 0 Å². The van der Waals surface area contributed by atoms with Crippen molar-refractivity contribution >= 4 is 15.9 Å². The fraction of sp³-hybridized carbons (Fsp3) is 0.625. The summed E-state index contributed by atoms with van der Waals surface area (Å²) in [6.45, 7) is 5.14. The Morgan fingerprint density at radius 1 is 1.55 bits per heavy atom. The third-order valence-electron chi connectivity index (χ3n) is 1.63. The summed E-state index contributed by atoms with van der Waals surface area (Å²) in [6, 6.07) is 0. The molecule has 0 spiro atoms. The molecule has 0 unspecified atom stereocenters. The molecule has 1 heterocycles. The molecule has 0 atom stereocenters. The van der Waals surface area contributed by atoms with Gasteiger partial charge in [0.2, 0.25) is 0 Å². The summed E-state index contributed by atoms with van der Waals surface area (Å²) in [5.41, 5.74) is 1.11. The summed E-state index contributed by atoms with van der Waals surface area (Å²) in [7, 11) is 0. The van der Waals surface area contributed by atoms with E-state index in [4.69, 9.17) is 0 Å². The van der Waals surface area contributed by atoms with Crippen molar-refractivity contribution < 1.29 is 0 Å². The molecule has 0 radical (unpaired) electrons. The van der Waals surface area contributed by atoms with Crippen molar-refractivity contribution in [3.05, 3.63) is 17.7 Å². The number of halogens is 1. The van der Waals surface area contributed by atoms with E-state index >= 15 is 0 Å². The maximum atomic E-state index is 4.31. The standard InChI is InChI=1S/C8H13BrN2/c1-7-6-11(5-3-4-9)8(2)10-7/h6H,3-5H2,1-2H3. The second-order valence-corrected chi connectivity index (χ2v) is 3.46. The average Bonchev–Trinajstić information content (AvgIpc) is 2.26. The lowest BCUT2D eigenvalue weighted by atomic mass is 10.4. The van der Waals surface area contributed by atoms with Gasteiger partial charge >= 0.3 is 0 Å². The van der Waals surface area contributed by atoms with E-state index in [-0.39, 0.29) is 0 Å². The van der Waals surface area contributed by atoms with E-state index in [2.05, 4.69) is 31.7 Å². The van der Waals surface area contributed by atoms with Gasteiger partial charge in [0, 0.05) is 18.1 Å². The molecule has 0 saturated carbocycles. The largest absolute Gasteiger partial charge is 0.335 e. The van der Waals surface area contributed by atoms with Gasteiger partial charge < -0.3 is 4.57 Å². The van der Waals surface area contributed by atoms with Crippen LogP contribution < -0.4 is 0 Å². The molecule has 3 heteroatoms. The SMILES string of the molecule is Cc1cn(CCCBr)c(C)n1. The third kappa shape index (κ3) is 2.33. The lowest BCUT2D eigenvalue weighted by molar-refractivity contribution is 0.664. The third-order valence-corrected chi connectivity index (χ3v) is 2.19. The molecule has 0 N–H and O–H groups in total. The number of rotatable bonds is 3. The summed E-state index contributed by atoms with van der Waals surface area (Å²) in [4.78, 5) is 4.31. The highest BCUT2D eigenvalue weighted by atomic mass is 79.9. The number of aromatic nitrogens is 2. The van der Waals surface area contributed by atoms with Crippen molar-refractivity contribution in [3.8, 4) is 0 Å². The topological polar surface area (TPSA) is 17.8 Å². The van der Waals surface area contributed by atoms with E-state index in [1.165, 1.54) is 0 Å². The molecular weight excluding hydrogens is 204 g/mol. The summed E-state index contributed by atoms with van der Waals surface area (Å²) in [5, 5.41) is 1.06. The first-order valence-corrected chi connectivity index (χ1v) is 4.92. The minimum atomic E-state index is 1.06. The van der Waals surface area contributed by atoms with Gasteiger partial charge in [0.25, 0.3) is 0 Å². The Bertz CT molecular complexity index is 230. The second kappa shape index (κ2) is 3.90. The van der Waals surface area contributed by atoms with Gasteiger partial charge in [-0.1, -0.05) is 15.9 Å². The predicted octanol–water partition coefficient (Wildman–Crippen LogP) is 2.28. The van der Waals surface area contributed by atoms with Crippen molar-refractivity contribution in [2.24, 2.45) is 0 Å². The molecule has 1 aromatic heterocycles. The highest BCUT2D eigenvalue weighted by Crippen LogP contribution is 2.02. The van der Waals surface area contributed by atoms with E-state index in [1.54, 1.807) is 0 Å². The first-order chi connectivity index (χ1) is 5.24. The molecule has 0 fully saturated rings. The van der Waals surface area contributed by atoms with Crippen LogP contribution in [0.15, 0.2) is 6.20 Å². The molecule has 1 rings (SSSR count). The lowest BCUT2D eigenvalue weighted by Crippen LogP contribution is -1.98. The Hall–Kier alpha value is -0.310. The van der Waals surface area contributed by atoms with Crippen LogP contribution in [0.25, 0.3) is 0 Å². The fourth-order valence-corrected chi connectivity index (χ4v) is 1.37. The number of aryl methyl sites for hydroxylation is 3. The zero-order valence-corrected chi connectivity index (χ0v) is 8.56. The van der Waals surface area contributed by atoms with Crippen LogP contribution in [0.1, 0.15) is 17.9 Å². The molecule has 0 bridgehead atoms. The van der Waals surface area contributed by atoms with Crippen molar-refractivity contribution in [1.29, 1.82) is 0 Å². The van der Waals surface area contributed by atoms with Crippen molar-refractivity contribution in [3.63, 3.8) is 0 Å². The first kappa shape index (κ1) is 8.78. The van der Waals surface area contributed by atoms with E-state index in [0.29, 0.717) is 0 Å². The first-order valence-electron chi connectivity index (χ1n) is 3.80. The summed E-state index contributed by atoms with van der Waals surface area (Å²) < 4.78 is 2.19. The van der Waals surface area contributed by atoms with Crippen LogP contribution in [0.3, 0.4) is 0 Å². The van der Waals surface area contributed by atoms with Crippen molar-refractivity contribution in [2.45, 2.75) is 26.8 Å². The van der Waals surface area contributed by atoms with Gasteiger partial charge in [0.1, 0.15) is 5.82 Å². The predicted molar refractivity (Wildman–Crippen MR) is 50.1 cm³/mol. The second-order valence-electron chi connectivity index (χ2n) is 2.67. The molecule has 0 aliphatic carbocycles. The molecule has 0 aliphatic heterocycles. The minimum absolute atomic E-state index is 1.06. The van der Waals surface area contributed by atoms with Gasteiger partial charge in [-0.2, -0.15) is 0 Å². The Morgan fingerprint density at radius 3 is 2.73 bits per heavy atom. The summed E-state index contributed by atoms with van der Waals surface area (Å²) in [6.07, 6.45) is 3.26. The Labute approximate surface area is 75.8 Å². The molecule has 0 saturated heterocycles. The number of hydrogen-bond donors (Lipinski definition) is 0. The van der Waals surface area contributed by atoms with Gasteiger partial charge in [-0.15, -0.1) is 0 Å². The van der Waals surface area contributed by atoms with Gasteiger partial charge in [0.15, 0.2) is 0 Å². The molecule has 11 heavy (non-hydrogen) atoms. The van der Waals surface area contributed by atoms with E-state index in [9.17, 15) is 0 Å². The number of hydrogen-bond acceptors (Lipinski definition) is 1.